The molecule has 1 aliphatic heterocycles. The van der Waals surface area contributed by atoms with Gasteiger partial charge in [-0.3, -0.25) is 9.59 Å². The van der Waals surface area contributed by atoms with Crippen LogP contribution in [0.4, 0.5) is 5.69 Å². The first-order valence-electron chi connectivity index (χ1n) is 9.46. The van der Waals surface area contributed by atoms with Crippen molar-refractivity contribution in [1.29, 1.82) is 0 Å². The Bertz CT molecular complexity index is 979. The fraction of sp³-hybridized carbons (Fsp3) is 0.333. The van der Waals surface area contributed by atoms with E-state index >= 15 is 0 Å². The van der Waals surface area contributed by atoms with Crippen molar-refractivity contribution in [3.8, 4) is 5.75 Å². The van der Waals surface area contributed by atoms with Gasteiger partial charge in [-0.15, -0.1) is 0 Å². The minimum Gasteiger partial charge on any atom is -0.481 e. The van der Waals surface area contributed by atoms with Gasteiger partial charge >= 0.3 is 0 Å². The highest BCUT2D eigenvalue weighted by Crippen LogP contribution is 2.22. The monoisotopic (exact) mass is 416 g/mol. The van der Waals surface area contributed by atoms with Gasteiger partial charge in [0.25, 0.3) is 5.91 Å². The molecule has 1 atom stereocenters. The quantitative estimate of drug-likeness (QED) is 0.700. The van der Waals surface area contributed by atoms with Gasteiger partial charge in [-0.1, -0.05) is 0 Å². The van der Waals surface area contributed by atoms with Gasteiger partial charge in [-0.25, -0.2) is 8.42 Å². The molecule has 7 nitrogen and oxygen atoms in total. The van der Waals surface area contributed by atoms with Gasteiger partial charge in [0.15, 0.2) is 11.9 Å². The molecule has 1 aliphatic rings. The van der Waals surface area contributed by atoms with Crippen molar-refractivity contribution in [2.75, 3.05) is 18.4 Å². The summed E-state index contributed by atoms with van der Waals surface area (Å²) in [5, 5.41) is 2.71. The van der Waals surface area contributed by atoms with Crippen LogP contribution in [0.3, 0.4) is 0 Å². The molecule has 8 heteroatoms. The van der Waals surface area contributed by atoms with E-state index < -0.39 is 16.1 Å². The topological polar surface area (TPSA) is 92.8 Å². The first-order valence-corrected chi connectivity index (χ1v) is 10.9. The number of sulfonamides is 1. The number of ketones is 1. The molecule has 1 amide bonds. The van der Waals surface area contributed by atoms with Crippen LogP contribution in [0, 0.1) is 0 Å². The minimum atomic E-state index is -3.48. The van der Waals surface area contributed by atoms with Crippen LogP contribution in [0.1, 0.15) is 37.0 Å². The maximum Gasteiger partial charge on any atom is 0.265 e. The van der Waals surface area contributed by atoms with Crippen LogP contribution in [-0.2, 0) is 14.8 Å². The summed E-state index contributed by atoms with van der Waals surface area (Å²) in [6.07, 6.45) is 0.983. The largest absolute Gasteiger partial charge is 0.481 e. The number of carbonyl (C=O) groups is 2. The van der Waals surface area contributed by atoms with Crippen LogP contribution in [0.2, 0.25) is 0 Å². The lowest BCUT2D eigenvalue weighted by Crippen LogP contribution is -2.30. The van der Waals surface area contributed by atoms with E-state index in [1.54, 1.807) is 43.3 Å². The highest BCUT2D eigenvalue weighted by Gasteiger charge is 2.27. The third-order valence-electron chi connectivity index (χ3n) is 4.77. The SMILES string of the molecule is CC(=O)c1ccc(OC(C)C(=O)Nc2ccc(S(=O)(=O)N3CCCC3)cc2)cc1. The molecule has 3 rings (SSSR count). The van der Waals surface area contributed by atoms with E-state index in [-0.39, 0.29) is 16.6 Å². The molecule has 0 aliphatic carbocycles. The van der Waals surface area contributed by atoms with E-state index in [1.165, 1.54) is 23.4 Å². The molecule has 2 aromatic rings. The van der Waals surface area contributed by atoms with Crippen molar-refractivity contribution in [3.05, 3.63) is 54.1 Å². The Morgan fingerprint density at radius 2 is 1.59 bits per heavy atom. The molecule has 0 radical (unpaired) electrons. The molecule has 0 bridgehead atoms. The van der Waals surface area contributed by atoms with Gasteiger partial charge in [0, 0.05) is 24.3 Å². The number of rotatable bonds is 7. The van der Waals surface area contributed by atoms with E-state index in [0.717, 1.165) is 12.8 Å². The number of hydrogen-bond donors (Lipinski definition) is 1. The summed E-state index contributed by atoms with van der Waals surface area (Å²) in [5.41, 5.74) is 1.05. The number of carbonyl (C=O) groups excluding carboxylic acids is 2. The van der Waals surface area contributed by atoms with Crippen LogP contribution in [0.5, 0.6) is 5.75 Å². The Morgan fingerprint density at radius 3 is 2.14 bits per heavy atom. The minimum absolute atomic E-state index is 0.0440. The first-order chi connectivity index (χ1) is 13.8. The Hall–Kier alpha value is -2.71. The number of nitrogens with one attached hydrogen (secondary N) is 1. The van der Waals surface area contributed by atoms with Gasteiger partial charge in [0.2, 0.25) is 10.0 Å². The Morgan fingerprint density at radius 1 is 1.00 bits per heavy atom. The highest BCUT2D eigenvalue weighted by molar-refractivity contribution is 7.89. The zero-order valence-corrected chi connectivity index (χ0v) is 17.2. The molecule has 0 aromatic heterocycles. The lowest BCUT2D eigenvalue weighted by molar-refractivity contribution is -0.122. The van der Waals surface area contributed by atoms with E-state index in [2.05, 4.69) is 5.32 Å². The van der Waals surface area contributed by atoms with Gasteiger partial charge in [0.05, 0.1) is 4.90 Å². The van der Waals surface area contributed by atoms with Gasteiger partial charge < -0.3 is 10.1 Å². The molecule has 1 saturated heterocycles. The summed E-state index contributed by atoms with van der Waals surface area (Å²) >= 11 is 0. The maximum atomic E-state index is 12.5. The van der Waals surface area contributed by atoms with Gasteiger partial charge in [-0.05, 0) is 75.2 Å². The number of anilines is 1. The zero-order valence-electron chi connectivity index (χ0n) is 16.4. The summed E-state index contributed by atoms with van der Waals surface area (Å²) in [7, 11) is -3.48. The Kier molecular flexibility index (Phi) is 6.34. The van der Waals surface area contributed by atoms with Crippen molar-refractivity contribution in [3.63, 3.8) is 0 Å². The molecular weight excluding hydrogens is 392 g/mol. The van der Waals surface area contributed by atoms with Crippen LogP contribution >= 0.6 is 0 Å². The van der Waals surface area contributed by atoms with Crippen molar-refractivity contribution >= 4 is 27.4 Å². The fourth-order valence-electron chi connectivity index (χ4n) is 3.06. The first kappa shape index (κ1) is 21.0. The van der Waals surface area contributed by atoms with Crippen molar-refractivity contribution in [1.82, 2.24) is 4.31 Å². The summed E-state index contributed by atoms with van der Waals surface area (Å²) in [6.45, 7) is 4.18. The standard InChI is InChI=1S/C21H24N2O5S/c1-15(24)17-5-9-19(10-6-17)28-16(2)21(25)22-18-7-11-20(12-8-18)29(26,27)23-13-3-4-14-23/h5-12,16H,3-4,13-14H2,1-2H3,(H,22,25). The summed E-state index contributed by atoms with van der Waals surface area (Å²) in [5.74, 6) is 0.0676. The molecular formula is C21H24N2O5S. The number of benzene rings is 2. The van der Waals surface area contributed by atoms with Crippen molar-refractivity contribution in [2.24, 2.45) is 0 Å². The van der Waals surface area contributed by atoms with E-state index in [1.807, 2.05) is 0 Å². The molecule has 2 aromatic carbocycles. The summed E-state index contributed by atoms with van der Waals surface area (Å²) < 4.78 is 32.2. The lowest BCUT2D eigenvalue weighted by atomic mass is 10.1. The number of amides is 1. The number of hydrogen-bond acceptors (Lipinski definition) is 5. The molecule has 1 fully saturated rings. The van der Waals surface area contributed by atoms with Crippen molar-refractivity contribution in [2.45, 2.75) is 37.7 Å². The average molecular weight is 416 g/mol. The van der Waals surface area contributed by atoms with Crippen LogP contribution in [-0.4, -0.2) is 43.6 Å². The maximum absolute atomic E-state index is 12.5. The molecule has 1 N–H and O–H groups in total. The second-order valence-electron chi connectivity index (χ2n) is 6.97. The number of ether oxygens (including phenoxy) is 1. The third-order valence-corrected chi connectivity index (χ3v) is 6.68. The predicted octanol–water partition coefficient (Wildman–Crippen LogP) is 3.08. The average Bonchev–Trinajstić information content (AvgIpc) is 3.24. The zero-order chi connectivity index (χ0) is 21.0. The van der Waals surface area contributed by atoms with E-state index in [4.69, 9.17) is 4.74 Å². The van der Waals surface area contributed by atoms with Crippen molar-refractivity contribution < 1.29 is 22.7 Å². The van der Waals surface area contributed by atoms with Crippen LogP contribution < -0.4 is 10.1 Å². The smallest absolute Gasteiger partial charge is 0.265 e. The van der Waals surface area contributed by atoms with Crippen LogP contribution in [0.15, 0.2) is 53.4 Å². The van der Waals surface area contributed by atoms with Gasteiger partial charge in [-0.2, -0.15) is 4.31 Å². The second kappa shape index (κ2) is 8.75. The second-order valence-corrected chi connectivity index (χ2v) is 8.90. The Balaban J connectivity index is 1.60. The third kappa shape index (κ3) is 5.02. The highest BCUT2D eigenvalue weighted by atomic mass is 32.2. The number of Topliss-reactive ketones (excluding diaryl/α,β-unsaturated/α-hetero) is 1. The molecule has 154 valence electrons. The van der Waals surface area contributed by atoms with E-state index in [9.17, 15) is 18.0 Å². The Labute approximate surface area is 170 Å². The van der Waals surface area contributed by atoms with Gasteiger partial charge in [0.1, 0.15) is 5.75 Å². The molecule has 1 heterocycles. The summed E-state index contributed by atoms with van der Waals surface area (Å²) in [6, 6.07) is 12.7. The fourth-order valence-corrected chi connectivity index (χ4v) is 4.57. The number of nitrogens with zero attached hydrogens (tertiary/aromatic N) is 1. The normalized spacial score (nSPS) is 15.7. The van der Waals surface area contributed by atoms with Crippen LogP contribution in [0.25, 0.3) is 0 Å². The molecule has 29 heavy (non-hydrogen) atoms. The lowest BCUT2D eigenvalue weighted by Gasteiger charge is -2.17. The summed E-state index contributed by atoms with van der Waals surface area (Å²) in [4.78, 5) is 23.9. The molecule has 1 unspecified atom stereocenters. The predicted molar refractivity (Wildman–Crippen MR) is 110 cm³/mol. The van der Waals surface area contributed by atoms with E-state index in [0.29, 0.717) is 30.1 Å². The molecule has 0 spiro atoms. The molecule has 0 saturated carbocycles.